The molecule has 1 aliphatic heterocycles. The van der Waals surface area contributed by atoms with Crippen molar-refractivity contribution in [3.05, 3.63) is 18.2 Å². The summed E-state index contributed by atoms with van der Waals surface area (Å²) in [7, 11) is 0. The first-order chi connectivity index (χ1) is 8.31. The van der Waals surface area contributed by atoms with Crippen LogP contribution in [0.1, 0.15) is 12.8 Å². The zero-order chi connectivity index (χ0) is 11.7. The fourth-order valence-corrected chi connectivity index (χ4v) is 2.13. The summed E-state index contributed by atoms with van der Waals surface area (Å²) in [5, 5.41) is 3.26. The maximum atomic E-state index is 5.72. The van der Waals surface area contributed by atoms with Gasteiger partial charge in [-0.15, -0.1) is 0 Å². The van der Waals surface area contributed by atoms with E-state index in [-0.39, 0.29) is 0 Å². The number of hydrogen-bond donors (Lipinski definition) is 3. The first kappa shape index (κ1) is 10.4. The van der Waals surface area contributed by atoms with E-state index >= 15 is 0 Å². The normalized spacial score (nSPS) is 19.9. The van der Waals surface area contributed by atoms with Gasteiger partial charge in [0, 0.05) is 18.8 Å². The molecule has 1 aromatic carbocycles. The number of fused-ring (bicyclic) bond motifs is 1. The van der Waals surface area contributed by atoms with Crippen LogP contribution in [0.4, 0.5) is 11.6 Å². The van der Waals surface area contributed by atoms with E-state index in [9.17, 15) is 0 Å². The summed E-state index contributed by atoms with van der Waals surface area (Å²) in [4.78, 5) is 7.64. The summed E-state index contributed by atoms with van der Waals surface area (Å²) in [6.45, 7) is 1.68. The van der Waals surface area contributed by atoms with Crippen LogP contribution in [-0.2, 0) is 4.74 Å². The van der Waals surface area contributed by atoms with Crippen LogP contribution >= 0.6 is 0 Å². The van der Waals surface area contributed by atoms with E-state index in [1.54, 1.807) is 0 Å². The van der Waals surface area contributed by atoms with Gasteiger partial charge in [-0.25, -0.2) is 4.98 Å². The largest absolute Gasteiger partial charge is 0.399 e. The van der Waals surface area contributed by atoms with Gasteiger partial charge in [0.15, 0.2) is 0 Å². The molecule has 1 aliphatic rings. The number of ether oxygens (including phenoxy) is 1. The lowest BCUT2D eigenvalue weighted by atomic mass is 10.2. The van der Waals surface area contributed by atoms with Crippen LogP contribution in [0.2, 0.25) is 0 Å². The maximum Gasteiger partial charge on any atom is 0.201 e. The average molecular weight is 232 g/mol. The minimum atomic E-state index is 0.313. The number of aromatic nitrogens is 2. The number of aromatic amines is 1. The molecular weight excluding hydrogens is 216 g/mol. The molecule has 1 unspecified atom stereocenters. The number of imidazole rings is 1. The molecule has 4 N–H and O–H groups in total. The standard InChI is InChI=1S/C12H16N4O/c13-8-3-4-10-11(6-8)16-12(15-10)14-7-9-2-1-5-17-9/h3-4,6,9H,1-2,5,7,13H2,(H2,14,15,16). The number of hydrogen-bond acceptors (Lipinski definition) is 4. The summed E-state index contributed by atoms with van der Waals surface area (Å²) < 4.78 is 5.54. The van der Waals surface area contributed by atoms with Crippen molar-refractivity contribution in [3.8, 4) is 0 Å². The number of nitrogens with one attached hydrogen (secondary N) is 2. The van der Waals surface area contributed by atoms with Gasteiger partial charge in [-0.1, -0.05) is 0 Å². The summed E-state index contributed by atoms with van der Waals surface area (Å²) >= 11 is 0. The predicted molar refractivity (Wildman–Crippen MR) is 68.0 cm³/mol. The molecule has 2 aromatic rings. The Morgan fingerprint density at radius 3 is 3.29 bits per heavy atom. The molecule has 0 aliphatic carbocycles. The Morgan fingerprint density at radius 1 is 1.53 bits per heavy atom. The van der Waals surface area contributed by atoms with E-state index in [0.717, 1.165) is 48.7 Å². The Labute approximate surface area is 99.4 Å². The van der Waals surface area contributed by atoms with Gasteiger partial charge < -0.3 is 20.8 Å². The zero-order valence-electron chi connectivity index (χ0n) is 9.57. The van der Waals surface area contributed by atoms with E-state index in [1.807, 2.05) is 18.2 Å². The molecule has 5 nitrogen and oxygen atoms in total. The Kier molecular flexibility index (Phi) is 2.60. The molecule has 5 heteroatoms. The van der Waals surface area contributed by atoms with Gasteiger partial charge in [-0.2, -0.15) is 0 Å². The van der Waals surface area contributed by atoms with Crippen molar-refractivity contribution in [2.75, 3.05) is 24.2 Å². The third-order valence-electron chi connectivity index (χ3n) is 3.03. The number of nitrogen functional groups attached to an aromatic ring is 1. The van der Waals surface area contributed by atoms with Crippen molar-refractivity contribution in [1.82, 2.24) is 9.97 Å². The van der Waals surface area contributed by atoms with Crippen molar-refractivity contribution in [2.24, 2.45) is 0 Å². The molecule has 1 aromatic heterocycles. The van der Waals surface area contributed by atoms with Crippen LogP contribution in [0.5, 0.6) is 0 Å². The second kappa shape index (κ2) is 4.25. The van der Waals surface area contributed by atoms with Gasteiger partial charge in [0.05, 0.1) is 17.1 Å². The summed E-state index contributed by atoms with van der Waals surface area (Å²) in [5.41, 5.74) is 8.34. The van der Waals surface area contributed by atoms with Gasteiger partial charge in [0.2, 0.25) is 5.95 Å². The van der Waals surface area contributed by atoms with Gasteiger partial charge in [0.1, 0.15) is 0 Å². The number of benzene rings is 1. The quantitative estimate of drug-likeness (QED) is 0.704. The third-order valence-corrected chi connectivity index (χ3v) is 3.03. The molecule has 2 heterocycles. The van der Waals surface area contributed by atoms with Crippen LogP contribution in [0, 0.1) is 0 Å². The topological polar surface area (TPSA) is 76.0 Å². The van der Waals surface area contributed by atoms with Crippen molar-refractivity contribution in [3.63, 3.8) is 0 Å². The van der Waals surface area contributed by atoms with Gasteiger partial charge in [-0.3, -0.25) is 0 Å². The van der Waals surface area contributed by atoms with Crippen molar-refractivity contribution in [1.29, 1.82) is 0 Å². The Bertz CT molecular complexity index is 516. The lowest BCUT2D eigenvalue weighted by Gasteiger charge is -2.09. The van der Waals surface area contributed by atoms with E-state index in [1.165, 1.54) is 0 Å². The molecule has 90 valence electrons. The van der Waals surface area contributed by atoms with E-state index < -0.39 is 0 Å². The first-order valence-corrected chi connectivity index (χ1v) is 5.92. The van der Waals surface area contributed by atoms with Crippen LogP contribution in [-0.4, -0.2) is 29.2 Å². The molecule has 0 radical (unpaired) electrons. The maximum absolute atomic E-state index is 5.72. The van der Waals surface area contributed by atoms with E-state index in [2.05, 4.69) is 15.3 Å². The highest BCUT2D eigenvalue weighted by molar-refractivity contribution is 5.80. The number of nitrogens with two attached hydrogens (primary N) is 1. The molecule has 0 amide bonds. The van der Waals surface area contributed by atoms with E-state index in [0.29, 0.717) is 6.10 Å². The molecule has 1 saturated heterocycles. The molecule has 0 saturated carbocycles. The van der Waals surface area contributed by atoms with Crippen molar-refractivity contribution in [2.45, 2.75) is 18.9 Å². The Hall–Kier alpha value is -1.75. The van der Waals surface area contributed by atoms with Crippen LogP contribution in [0.25, 0.3) is 11.0 Å². The SMILES string of the molecule is Nc1ccc2nc(NCC3CCCO3)[nH]c2c1. The van der Waals surface area contributed by atoms with Crippen molar-refractivity contribution < 1.29 is 4.74 Å². The lowest BCUT2D eigenvalue weighted by molar-refractivity contribution is 0.120. The highest BCUT2D eigenvalue weighted by atomic mass is 16.5. The van der Waals surface area contributed by atoms with E-state index in [4.69, 9.17) is 10.5 Å². The molecule has 17 heavy (non-hydrogen) atoms. The number of nitrogens with zero attached hydrogens (tertiary/aromatic N) is 1. The fraction of sp³-hybridized carbons (Fsp3) is 0.417. The third kappa shape index (κ3) is 2.19. The van der Waals surface area contributed by atoms with Gasteiger partial charge in [0.25, 0.3) is 0 Å². The Morgan fingerprint density at radius 2 is 2.47 bits per heavy atom. The predicted octanol–water partition coefficient (Wildman–Crippen LogP) is 1.74. The zero-order valence-corrected chi connectivity index (χ0v) is 9.57. The number of H-pyrrole nitrogens is 1. The summed E-state index contributed by atoms with van der Waals surface area (Å²) in [5.74, 6) is 0.779. The molecule has 1 fully saturated rings. The second-order valence-corrected chi connectivity index (χ2v) is 4.38. The first-order valence-electron chi connectivity index (χ1n) is 5.92. The monoisotopic (exact) mass is 232 g/mol. The highest BCUT2D eigenvalue weighted by Crippen LogP contribution is 2.18. The fourth-order valence-electron chi connectivity index (χ4n) is 2.13. The van der Waals surface area contributed by atoms with Crippen molar-refractivity contribution >= 4 is 22.7 Å². The minimum Gasteiger partial charge on any atom is -0.399 e. The van der Waals surface area contributed by atoms with Gasteiger partial charge >= 0.3 is 0 Å². The van der Waals surface area contributed by atoms with Crippen LogP contribution in [0.15, 0.2) is 18.2 Å². The lowest BCUT2D eigenvalue weighted by Crippen LogP contribution is -2.18. The number of rotatable bonds is 3. The molecule has 3 rings (SSSR count). The average Bonchev–Trinajstić information content (AvgIpc) is 2.94. The van der Waals surface area contributed by atoms with Gasteiger partial charge in [-0.05, 0) is 31.0 Å². The second-order valence-electron chi connectivity index (χ2n) is 4.38. The Balaban J connectivity index is 1.72. The molecule has 0 spiro atoms. The molecule has 1 atom stereocenters. The summed E-state index contributed by atoms with van der Waals surface area (Å²) in [6.07, 6.45) is 2.59. The van der Waals surface area contributed by atoms with Crippen LogP contribution in [0.3, 0.4) is 0 Å². The molecule has 0 bridgehead atoms. The smallest absolute Gasteiger partial charge is 0.201 e. The summed E-state index contributed by atoms with van der Waals surface area (Å²) in [6, 6.07) is 5.66. The highest BCUT2D eigenvalue weighted by Gasteiger charge is 2.15. The molecular formula is C12H16N4O. The van der Waals surface area contributed by atoms with Crippen LogP contribution < -0.4 is 11.1 Å². The minimum absolute atomic E-state index is 0.313. The number of anilines is 2.